The number of rotatable bonds is 6. The molecule has 0 aliphatic carbocycles. The number of nitrogens with two attached hydrogens (primary N) is 2. The van der Waals surface area contributed by atoms with E-state index in [1.165, 1.54) is 12.1 Å². The number of amides is 2. The van der Waals surface area contributed by atoms with Gasteiger partial charge in [-0.25, -0.2) is 4.79 Å². The Balaban J connectivity index is 0.00000211. The van der Waals surface area contributed by atoms with E-state index in [2.05, 4.69) is 0 Å². The van der Waals surface area contributed by atoms with Crippen molar-refractivity contribution in [3.63, 3.8) is 0 Å². The van der Waals surface area contributed by atoms with Crippen LogP contribution in [-0.4, -0.2) is 48.2 Å². The lowest BCUT2D eigenvalue weighted by atomic mass is 10.1. The maximum absolute atomic E-state index is 11.8. The number of carboxylic acids is 1. The van der Waals surface area contributed by atoms with Gasteiger partial charge in [-0.1, -0.05) is 12.1 Å². The number of aromatic carboxylic acids is 1. The summed E-state index contributed by atoms with van der Waals surface area (Å²) < 4.78 is 0. The number of anilines is 1. The van der Waals surface area contributed by atoms with Crippen molar-refractivity contribution in [3.05, 3.63) is 29.8 Å². The third kappa shape index (κ3) is 5.51. The van der Waals surface area contributed by atoms with Gasteiger partial charge in [0.25, 0.3) is 0 Å². The molecule has 1 aromatic rings. The maximum atomic E-state index is 11.8. The molecule has 0 bridgehead atoms. The maximum Gasteiger partial charge on any atom is 0.337 e. The monoisotopic (exact) mass is 311 g/mol. The van der Waals surface area contributed by atoms with Crippen LogP contribution in [0, 0.1) is 0 Å². The molecule has 0 saturated carbocycles. The molecule has 8 nitrogen and oxygen atoms in total. The standard InChI is InChI=1S/C13H17N3O4.CH4O/c14-7-3-4-8-16(12(18)11(15)17)10-6-2-1-5-9(10)13(19)20;1-2/h1-2,5-6H,3-4,7-8,14H2,(H2,15,17)(H,19,20);2H,1H3. The summed E-state index contributed by atoms with van der Waals surface area (Å²) in [6, 6.07) is 5.96. The highest BCUT2D eigenvalue weighted by atomic mass is 16.4. The van der Waals surface area contributed by atoms with Crippen molar-refractivity contribution < 1.29 is 24.6 Å². The summed E-state index contributed by atoms with van der Waals surface area (Å²) >= 11 is 0. The Morgan fingerprint density at radius 1 is 1.14 bits per heavy atom. The first kappa shape index (κ1) is 19.6. The molecule has 0 atom stereocenters. The van der Waals surface area contributed by atoms with Gasteiger partial charge in [-0.3, -0.25) is 9.59 Å². The number of primary amides is 1. The Morgan fingerprint density at radius 2 is 1.73 bits per heavy atom. The van der Waals surface area contributed by atoms with Crippen LogP contribution in [0.2, 0.25) is 0 Å². The van der Waals surface area contributed by atoms with Crippen molar-refractivity contribution in [2.24, 2.45) is 11.5 Å². The van der Waals surface area contributed by atoms with E-state index in [0.717, 1.165) is 12.0 Å². The van der Waals surface area contributed by atoms with Crippen molar-refractivity contribution in [1.29, 1.82) is 0 Å². The van der Waals surface area contributed by atoms with Gasteiger partial charge in [0.2, 0.25) is 0 Å². The molecule has 0 fully saturated rings. The van der Waals surface area contributed by atoms with Gasteiger partial charge >= 0.3 is 17.8 Å². The highest BCUT2D eigenvalue weighted by Gasteiger charge is 2.24. The lowest BCUT2D eigenvalue weighted by Crippen LogP contribution is -2.41. The molecule has 0 heterocycles. The van der Waals surface area contributed by atoms with E-state index in [-0.39, 0.29) is 17.8 Å². The number of unbranched alkanes of at least 4 members (excludes halogenated alkanes) is 1. The minimum atomic E-state index is -1.18. The number of benzene rings is 1. The topological polar surface area (TPSA) is 147 Å². The van der Waals surface area contributed by atoms with Gasteiger partial charge in [-0.15, -0.1) is 0 Å². The van der Waals surface area contributed by atoms with Gasteiger partial charge in [0.1, 0.15) is 0 Å². The highest BCUT2D eigenvalue weighted by Crippen LogP contribution is 2.21. The second-order valence-corrected chi connectivity index (χ2v) is 4.14. The normalized spacial score (nSPS) is 9.41. The zero-order chi connectivity index (χ0) is 17.1. The van der Waals surface area contributed by atoms with Crippen molar-refractivity contribution >= 4 is 23.5 Å². The van der Waals surface area contributed by atoms with E-state index in [4.69, 9.17) is 21.7 Å². The number of para-hydroxylation sites is 1. The van der Waals surface area contributed by atoms with E-state index in [1.807, 2.05) is 0 Å². The van der Waals surface area contributed by atoms with E-state index in [1.54, 1.807) is 12.1 Å². The Morgan fingerprint density at radius 3 is 2.23 bits per heavy atom. The smallest absolute Gasteiger partial charge is 0.337 e. The molecular formula is C14H21N3O5. The van der Waals surface area contributed by atoms with Crippen LogP contribution >= 0.6 is 0 Å². The molecule has 22 heavy (non-hydrogen) atoms. The molecule has 1 rings (SSSR count). The van der Waals surface area contributed by atoms with Gasteiger partial charge in [0, 0.05) is 13.7 Å². The van der Waals surface area contributed by atoms with Crippen molar-refractivity contribution in [1.82, 2.24) is 0 Å². The number of hydrogen-bond acceptors (Lipinski definition) is 5. The lowest BCUT2D eigenvalue weighted by molar-refractivity contribution is -0.135. The third-order valence-corrected chi connectivity index (χ3v) is 2.72. The molecule has 0 radical (unpaired) electrons. The summed E-state index contributed by atoms with van der Waals surface area (Å²) in [5, 5.41) is 16.1. The fourth-order valence-electron chi connectivity index (χ4n) is 1.77. The molecule has 0 aliphatic heterocycles. The van der Waals surface area contributed by atoms with Crippen LogP contribution < -0.4 is 16.4 Å². The van der Waals surface area contributed by atoms with Crippen LogP contribution in [0.5, 0.6) is 0 Å². The molecule has 1 aromatic carbocycles. The number of carbonyl (C=O) groups is 3. The first-order chi connectivity index (χ1) is 10.5. The van der Waals surface area contributed by atoms with Crippen LogP contribution in [0.1, 0.15) is 23.2 Å². The fraction of sp³-hybridized carbons (Fsp3) is 0.357. The largest absolute Gasteiger partial charge is 0.478 e. The predicted octanol–water partition coefficient (Wildman–Crippen LogP) is -0.449. The molecular weight excluding hydrogens is 290 g/mol. The summed E-state index contributed by atoms with van der Waals surface area (Å²) in [6.07, 6.45) is 1.20. The third-order valence-electron chi connectivity index (χ3n) is 2.72. The van der Waals surface area contributed by atoms with Crippen LogP contribution in [-0.2, 0) is 9.59 Å². The average molecular weight is 311 g/mol. The summed E-state index contributed by atoms with van der Waals surface area (Å²) in [7, 11) is 1.00. The van der Waals surface area contributed by atoms with Crippen molar-refractivity contribution in [2.75, 3.05) is 25.1 Å². The quantitative estimate of drug-likeness (QED) is 0.413. The Hall–Kier alpha value is -2.45. The Kier molecular flexibility index (Phi) is 9.15. The number of nitrogens with zero attached hydrogens (tertiary/aromatic N) is 1. The minimum Gasteiger partial charge on any atom is -0.478 e. The molecule has 0 unspecified atom stereocenters. The zero-order valence-corrected chi connectivity index (χ0v) is 12.4. The molecule has 0 aliphatic rings. The molecule has 2 amide bonds. The van der Waals surface area contributed by atoms with Gasteiger partial charge in [0.05, 0.1) is 11.3 Å². The number of carboxylic acid groups (broad SMARTS) is 1. The lowest BCUT2D eigenvalue weighted by Gasteiger charge is -2.22. The molecule has 6 N–H and O–H groups in total. The minimum absolute atomic E-state index is 0.0603. The van der Waals surface area contributed by atoms with Crippen LogP contribution in [0.15, 0.2) is 24.3 Å². The molecule has 0 saturated heterocycles. The van der Waals surface area contributed by atoms with Crippen molar-refractivity contribution in [3.8, 4) is 0 Å². The summed E-state index contributed by atoms with van der Waals surface area (Å²) in [5.41, 5.74) is 10.5. The highest BCUT2D eigenvalue weighted by molar-refractivity contribution is 6.40. The first-order valence-electron chi connectivity index (χ1n) is 6.57. The van der Waals surface area contributed by atoms with Crippen LogP contribution in [0.3, 0.4) is 0 Å². The first-order valence-corrected chi connectivity index (χ1v) is 6.57. The van der Waals surface area contributed by atoms with E-state index in [0.29, 0.717) is 19.4 Å². The fourth-order valence-corrected chi connectivity index (χ4v) is 1.77. The number of aliphatic hydroxyl groups is 1. The molecule has 0 aromatic heterocycles. The SMILES string of the molecule is CO.NCCCCN(C(=O)C(N)=O)c1ccccc1C(=O)O. The summed E-state index contributed by atoms with van der Waals surface area (Å²) in [5.74, 6) is -3.24. The second kappa shape index (κ2) is 10.3. The van der Waals surface area contributed by atoms with Gasteiger partial charge in [0.15, 0.2) is 0 Å². The van der Waals surface area contributed by atoms with Crippen molar-refractivity contribution in [2.45, 2.75) is 12.8 Å². The molecule has 0 spiro atoms. The zero-order valence-electron chi connectivity index (χ0n) is 12.4. The number of carbonyl (C=O) groups excluding carboxylic acids is 2. The molecule has 122 valence electrons. The number of aliphatic hydroxyl groups excluding tert-OH is 1. The average Bonchev–Trinajstić information content (AvgIpc) is 2.53. The van der Waals surface area contributed by atoms with Crippen LogP contribution in [0.25, 0.3) is 0 Å². The van der Waals surface area contributed by atoms with Gasteiger partial charge < -0.3 is 26.6 Å². The number of hydrogen-bond donors (Lipinski definition) is 4. The Labute approximate surface area is 128 Å². The van der Waals surface area contributed by atoms with Gasteiger partial charge in [-0.05, 0) is 31.5 Å². The van der Waals surface area contributed by atoms with E-state index in [9.17, 15) is 14.4 Å². The summed E-state index contributed by atoms with van der Waals surface area (Å²) in [4.78, 5) is 35.2. The predicted molar refractivity (Wildman–Crippen MR) is 81.4 cm³/mol. The molecule has 8 heteroatoms. The summed E-state index contributed by atoms with van der Waals surface area (Å²) in [6.45, 7) is 0.627. The van der Waals surface area contributed by atoms with Gasteiger partial charge in [-0.2, -0.15) is 0 Å². The second-order valence-electron chi connectivity index (χ2n) is 4.14. The van der Waals surface area contributed by atoms with E-state index < -0.39 is 17.8 Å². The van der Waals surface area contributed by atoms with Crippen LogP contribution in [0.4, 0.5) is 5.69 Å². The van der Waals surface area contributed by atoms with E-state index >= 15 is 0 Å². The Bertz CT molecular complexity index is 519.